The minimum absolute atomic E-state index is 0.206. The maximum Gasteiger partial charge on any atom is 0.222 e. The molecule has 0 unspecified atom stereocenters. The van der Waals surface area contributed by atoms with E-state index in [0.29, 0.717) is 12.8 Å². The van der Waals surface area contributed by atoms with Crippen molar-refractivity contribution in [1.29, 1.82) is 0 Å². The summed E-state index contributed by atoms with van der Waals surface area (Å²) in [5.74, 6) is 1.09. The van der Waals surface area contributed by atoms with Crippen LogP contribution in [0, 0.1) is 20.8 Å². The smallest absolute Gasteiger partial charge is 0.222 e. The van der Waals surface area contributed by atoms with Crippen LogP contribution in [0.25, 0.3) is 0 Å². The van der Waals surface area contributed by atoms with Gasteiger partial charge in [0.1, 0.15) is 0 Å². The molecular formula is C19H27N5O2S. The van der Waals surface area contributed by atoms with Gasteiger partial charge < -0.3 is 9.42 Å². The Hall–Kier alpha value is -1.93. The molecule has 3 heterocycles. The summed E-state index contributed by atoms with van der Waals surface area (Å²) in [5.41, 5.74) is 3.96. The van der Waals surface area contributed by atoms with Gasteiger partial charge in [0, 0.05) is 50.1 Å². The third-order valence-electron chi connectivity index (χ3n) is 4.95. The van der Waals surface area contributed by atoms with Crippen LogP contribution in [0.3, 0.4) is 0 Å². The van der Waals surface area contributed by atoms with Crippen LogP contribution in [0.4, 0.5) is 0 Å². The van der Waals surface area contributed by atoms with E-state index in [1.165, 1.54) is 0 Å². The predicted octanol–water partition coefficient (Wildman–Crippen LogP) is 2.39. The third kappa shape index (κ3) is 5.07. The maximum absolute atomic E-state index is 12.6. The molecule has 2 aromatic heterocycles. The number of aromatic nitrogens is 3. The van der Waals surface area contributed by atoms with Gasteiger partial charge in [0.2, 0.25) is 5.91 Å². The average molecular weight is 390 g/mol. The van der Waals surface area contributed by atoms with Crippen molar-refractivity contribution in [2.45, 2.75) is 45.3 Å². The minimum atomic E-state index is 0.206. The monoisotopic (exact) mass is 389 g/mol. The molecule has 146 valence electrons. The summed E-state index contributed by atoms with van der Waals surface area (Å²) in [4.78, 5) is 25.9. The molecule has 1 saturated heterocycles. The highest BCUT2D eigenvalue weighted by molar-refractivity contribution is 7.98. The number of nitrogens with zero attached hydrogens (tertiary/aromatic N) is 5. The van der Waals surface area contributed by atoms with E-state index in [1.54, 1.807) is 11.8 Å². The van der Waals surface area contributed by atoms with Gasteiger partial charge in [0.05, 0.1) is 12.2 Å². The number of thioether (sulfide) groups is 1. The van der Waals surface area contributed by atoms with E-state index < -0.39 is 0 Å². The Kier molecular flexibility index (Phi) is 6.49. The highest BCUT2D eigenvalue weighted by Gasteiger charge is 2.22. The number of amides is 1. The summed E-state index contributed by atoms with van der Waals surface area (Å²) in [6.45, 7) is 9.89. The van der Waals surface area contributed by atoms with Gasteiger partial charge in [-0.15, -0.1) is 0 Å². The predicted molar refractivity (Wildman–Crippen MR) is 105 cm³/mol. The number of hydrogen-bond acceptors (Lipinski definition) is 7. The van der Waals surface area contributed by atoms with Gasteiger partial charge in [-0.3, -0.25) is 9.69 Å². The largest absolute Gasteiger partial charge is 0.360 e. The van der Waals surface area contributed by atoms with Crippen LogP contribution >= 0.6 is 11.8 Å². The topological polar surface area (TPSA) is 75.4 Å². The number of rotatable bonds is 6. The molecule has 0 aromatic carbocycles. The lowest BCUT2D eigenvalue weighted by atomic mass is 10.1. The molecule has 0 saturated carbocycles. The standard InChI is InChI=1S/C19H27N5O2S/c1-13-11-16(26-22-13)12-23-7-9-24(10-8-23)18(25)6-5-17-14(2)20-19(27-4)21-15(17)3/h11H,5-10,12H2,1-4H3. The molecule has 1 fully saturated rings. The van der Waals surface area contributed by atoms with Crippen molar-refractivity contribution in [3.05, 3.63) is 34.5 Å². The zero-order valence-corrected chi connectivity index (χ0v) is 17.3. The second-order valence-electron chi connectivity index (χ2n) is 6.95. The van der Waals surface area contributed by atoms with Crippen molar-refractivity contribution >= 4 is 17.7 Å². The van der Waals surface area contributed by atoms with Crippen LogP contribution in [0.5, 0.6) is 0 Å². The van der Waals surface area contributed by atoms with Gasteiger partial charge in [-0.05, 0) is 39.0 Å². The number of piperazine rings is 1. The molecule has 27 heavy (non-hydrogen) atoms. The van der Waals surface area contributed by atoms with E-state index in [4.69, 9.17) is 4.52 Å². The molecule has 0 radical (unpaired) electrons. The Morgan fingerprint density at radius 2 is 1.81 bits per heavy atom. The minimum Gasteiger partial charge on any atom is -0.360 e. The van der Waals surface area contributed by atoms with E-state index >= 15 is 0 Å². The second kappa shape index (κ2) is 8.84. The molecule has 3 rings (SSSR count). The van der Waals surface area contributed by atoms with Gasteiger partial charge in [0.15, 0.2) is 10.9 Å². The van der Waals surface area contributed by atoms with Crippen molar-refractivity contribution in [2.75, 3.05) is 32.4 Å². The molecule has 1 aliphatic heterocycles. The Morgan fingerprint density at radius 1 is 1.15 bits per heavy atom. The summed E-state index contributed by atoms with van der Waals surface area (Å²) in [6, 6.07) is 1.96. The first-order valence-electron chi connectivity index (χ1n) is 9.26. The average Bonchev–Trinajstić information content (AvgIpc) is 3.06. The van der Waals surface area contributed by atoms with Gasteiger partial charge in [-0.1, -0.05) is 16.9 Å². The third-order valence-corrected chi connectivity index (χ3v) is 5.50. The van der Waals surface area contributed by atoms with Crippen molar-refractivity contribution in [2.24, 2.45) is 0 Å². The van der Waals surface area contributed by atoms with E-state index in [0.717, 1.165) is 66.3 Å². The lowest BCUT2D eigenvalue weighted by Gasteiger charge is -2.34. The summed E-state index contributed by atoms with van der Waals surface area (Å²) in [6.07, 6.45) is 3.17. The van der Waals surface area contributed by atoms with Crippen molar-refractivity contribution < 1.29 is 9.32 Å². The van der Waals surface area contributed by atoms with Crippen molar-refractivity contribution in [3.8, 4) is 0 Å². The molecule has 0 aliphatic carbocycles. The molecule has 0 atom stereocenters. The van der Waals surface area contributed by atoms with Gasteiger partial charge in [-0.2, -0.15) is 0 Å². The first-order chi connectivity index (χ1) is 13.0. The van der Waals surface area contributed by atoms with Crippen LogP contribution in [0.15, 0.2) is 15.7 Å². The van der Waals surface area contributed by atoms with Crippen LogP contribution < -0.4 is 0 Å². The van der Waals surface area contributed by atoms with E-state index in [1.807, 2.05) is 38.0 Å². The Labute approximate surface area is 164 Å². The molecule has 1 amide bonds. The van der Waals surface area contributed by atoms with E-state index in [2.05, 4.69) is 20.0 Å². The molecular weight excluding hydrogens is 362 g/mol. The van der Waals surface area contributed by atoms with Gasteiger partial charge in [-0.25, -0.2) is 9.97 Å². The number of aryl methyl sites for hydroxylation is 3. The molecule has 0 N–H and O–H groups in total. The van der Waals surface area contributed by atoms with E-state index in [9.17, 15) is 4.79 Å². The van der Waals surface area contributed by atoms with Crippen LogP contribution in [-0.4, -0.2) is 63.3 Å². The zero-order valence-electron chi connectivity index (χ0n) is 16.5. The second-order valence-corrected chi connectivity index (χ2v) is 7.72. The lowest BCUT2D eigenvalue weighted by Crippen LogP contribution is -2.48. The lowest BCUT2D eigenvalue weighted by molar-refractivity contribution is -0.133. The molecule has 0 bridgehead atoms. The first-order valence-corrected chi connectivity index (χ1v) is 10.5. The summed E-state index contributed by atoms with van der Waals surface area (Å²) >= 11 is 1.54. The van der Waals surface area contributed by atoms with Crippen LogP contribution in [0.2, 0.25) is 0 Å². The van der Waals surface area contributed by atoms with Crippen LogP contribution in [-0.2, 0) is 17.8 Å². The fraction of sp³-hybridized carbons (Fsp3) is 0.579. The van der Waals surface area contributed by atoms with Crippen LogP contribution in [0.1, 0.15) is 34.8 Å². The molecule has 8 heteroatoms. The first kappa shape index (κ1) is 19.8. The molecule has 0 spiro atoms. The Balaban J connectivity index is 1.48. The molecule has 2 aromatic rings. The fourth-order valence-electron chi connectivity index (χ4n) is 3.42. The SMILES string of the molecule is CSc1nc(C)c(CCC(=O)N2CCN(Cc3cc(C)no3)CC2)c(C)n1. The summed E-state index contributed by atoms with van der Waals surface area (Å²) < 4.78 is 5.28. The Morgan fingerprint density at radius 3 is 2.37 bits per heavy atom. The summed E-state index contributed by atoms with van der Waals surface area (Å²) in [5, 5.41) is 4.72. The van der Waals surface area contributed by atoms with Crippen molar-refractivity contribution in [1.82, 2.24) is 24.9 Å². The number of carbonyl (C=O) groups is 1. The van der Waals surface area contributed by atoms with Gasteiger partial charge in [0.25, 0.3) is 0 Å². The van der Waals surface area contributed by atoms with E-state index in [-0.39, 0.29) is 5.91 Å². The van der Waals surface area contributed by atoms with Crippen molar-refractivity contribution in [3.63, 3.8) is 0 Å². The highest BCUT2D eigenvalue weighted by atomic mass is 32.2. The fourth-order valence-corrected chi connectivity index (χ4v) is 3.87. The molecule has 7 nitrogen and oxygen atoms in total. The quantitative estimate of drug-likeness (QED) is 0.555. The number of carbonyl (C=O) groups excluding carboxylic acids is 1. The summed E-state index contributed by atoms with van der Waals surface area (Å²) in [7, 11) is 0. The van der Waals surface area contributed by atoms with Gasteiger partial charge >= 0.3 is 0 Å². The Bertz CT molecular complexity index is 776. The maximum atomic E-state index is 12.6. The zero-order chi connectivity index (χ0) is 19.4. The highest BCUT2D eigenvalue weighted by Crippen LogP contribution is 2.18. The molecule has 1 aliphatic rings. The normalized spacial score (nSPS) is 15.3. The number of hydrogen-bond donors (Lipinski definition) is 0.